The largest absolute Gasteiger partial charge is 0.496 e. The van der Waals surface area contributed by atoms with Gasteiger partial charge >= 0.3 is 0 Å². The Kier molecular flexibility index (Phi) is 5.18. The lowest BCUT2D eigenvalue weighted by molar-refractivity contribution is -0.0373. The van der Waals surface area contributed by atoms with Gasteiger partial charge in [-0.05, 0) is 35.0 Å². The average molecular weight is 381 g/mol. The maximum absolute atomic E-state index is 5.85. The number of nitrogens with two attached hydrogens (primary N) is 1. The van der Waals surface area contributed by atoms with Crippen LogP contribution in [0.4, 0.5) is 5.82 Å². The summed E-state index contributed by atoms with van der Waals surface area (Å²) in [5.74, 6) is 1.87. The fourth-order valence-corrected chi connectivity index (χ4v) is 3.34. The second-order valence-corrected chi connectivity index (χ2v) is 6.71. The highest BCUT2D eigenvalue weighted by Crippen LogP contribution is 2.31. The summed E-state index contributed by atoms with van der Waals surface area (Å²) in [4.78, 5) is 8.21. The van der Waals surface area contributed by atoms with Gasteiger partial charge in [-0.3, -0.25) is 4.90 Å². The lowest BCUT2D eigenvalue weighted by Gasteiger charge is -2.31. The molecule has 0 saturated carbocycles. The van der Waals surface area contributed by atoms with Gasteiger partial charge in [-0.25, -0.2) is 4.98 Å². The molecule has 0 bridgehead atoms. The zero-order chi connectivity index (χ0) is 19.5. The molecular formula is C19H23N7O2. The number of aromatic nitrogens is 5. The summed E-state index contributed by atoms with van der Waals surface area (Å²) < 4.78 is 11.3. The van der Waals surface area contributed by atoms with Gasteiger partial charge in [0, 0.05) is 25.2 Å². The monoisotopic (exact) mass is 381 g/mol. The van der Waals surface area contributed by atoms with E-state index in [1.165, 1.54) is 4.80 Å². The van der Waals surface area contributed by atoms with Crippen molar-refractivity contribution in [3.05, 3.63) is 47.8 Å². The number of nitrogens with zero attached hydrogens (tertiary/aromatic N) is 6. The van der Waals surface area contributed by atoms with Gasteiger partial charge in [0.1, 0.15) is 17.7 Å². The van der Waals surface area contributed by atoms with Gasteiger partial charge in [-0.1, -0.05) is 12.1 Å². The van der Waals surface area contributed by atoms with E-state index < -0.39 is 0 Å². The molecule has 28 heavy (non-hydrogen) atoms. The molecule has 0 aliphatic carbocycles. The van der Waals surface area contributed by atoms with Crippen LogP contribution in [-0.2, 0) is 18.3 Å². The topological polar surface area (TPSA) is 104 Å². The molecule has 3 aromatic rings. The summed E-state index contributed by atoms with van der Waals surface area (Å²) in [5.41, 5.74) is 8.73. The zero-order valence-corrected chi connectivity index (χ0v) is 15.9. The Bertz CT molecular complexity index is 959. The van der Waals surface area contributed by atoms with Crippen molar-refractivity contribution in [2.45, 2.75) is 12.6 Å². The summed E-state index contributed by atoms with van der Waals surface area (Å²) in [7, 11) is 3.41. The fraction of sp³-hybridized carbons (Fsp3) is 0.368. The number of methoxy groups -OCH3 is 1. The predicted octanol–water partition coefficient (Wildman–Crippen LogP) is 1.44. The molecule has 1 unspecified atom stereocenters. The van der Waals surface area contributed by atoms with Crippen molar-refractivity contribution in [2.24, 2.45) is 7.05 Å². The molecule has 1 saturated heterocycles. The molecule has 1 fully saturated rings. The molecule has 2 N–H and O–H groups in total. The number of pyridine rings is 1. The number of hydrogen-bond acceptors (Lipinski definition) is 8. The number of hydrogen-bond donors (Lipinski definition) is 1. The van der Waals surface area contributed by atoms with Crippen LogP contribution in [0.3, 0.4) is 0 Å². The van der Waals surface area contributed by atoms with E-state index in [0.29, 0.717) is 24.8 Å². The van der Waals surface area contributed by atoms with Crippen LogP contribution >= 0.6 is 0 Å². The number of benzene rings is 1. The quantitative estimate of drug-likeness (QED) is 0.708. The highest BCUT2D eigenvalue weighted by molar-refractivity contribution is 5.69. The number of aryl methyl sites for hydroxylation is 1. The fourth-order valence-electron chi connectivity index (χ4n) is 3.34. The van der Waals surface area contributed by atoms with E-state index in [1.54, 1.807) is 20.2 Å². The SMILES string of the molecule is COc1ccc(CN2CCOC(c3nnn(C)n3)C2)cc1-c1cccc(N)n1. The molecule has 4 rings (SSSR count). The van der Waals surface area contributed by atoms with E-state index in [1.807, 2.05) is 18.2 Å². The first-order valence-electron chi connectivity index (χ1n) is 9.10. The Morgan fingerprint density at radius 3 is 2.93 bits per heavy atom. The molecule has 0 spiro atoms. The smallest absolute Gasteiger partial charge is 0.204 e. The van der Waals surface area contributed by atoms with Crippen LogP contribution in [0.5, 0.6) is 5.75 Å². The second kappa shape index (κ2) is 7.91. The van der Waals surface area contributed by atoms with Gasteiger partial charge in [-0.15, -0.1) is 10.2 Å². The minimum Gasteiger partial charge on any atom is -0.496 e. The molecule has 3 heterocycles. The van der Waals surface area contributed by atoms with Crippen molar-refractivity contribution in [3.8, 4) is 17.0 Å². The predicted molar refractivity (Wildman–Crippen MR) is 103 cm³/mol. The van der Waals surface area contributed by atoms with Gasteiger partial charge in [0.25, 0.3) is 0 Å². The second-order valence-electron chi connectivity index (χ2n) is 6.71. The first-order valence-corrected chi connectivity index (χ1v) is 9.10. The zero-order valence-electron chi connectivity index (χ0n) is 15.9. The number of tetrazole rings is 1. The van der Waals surface area contributed by atoms with Crippen LogP contribution in [0, 0.1) is 0 Å². The highest BCUT2D eigenvalue weighted by atomic mass is 16.5. The minimum absolute atomic E-state index is 0.171. The third-order valence-electron chi connectivity index (χ3n) is 4.68. The van der Waals surface area contributed by atoms with Crippen LogP contribution < -0.4 is 10.5 Å². The summed E-state index contributed by atoms with van der Waals surface area (Å²) in [6, 6.07) is 11.7. The summed E-state index contributed by atoms with van der Waals surface area (Å²) in [5, 5.41) is 12.2. The summed E-state index contributed by atoms with van der Waals surface area (Å²) in [6.45, 7) is 2.96. The average Bonchev–Trinajstić information content (AvgIpc) is 3.15. The van der Waals surface area contributed by atoms with Crippen molar-refractivity contribution < 1.29 is 9.47 Å². The van der Waals surface area contributed by atoms with Crippen molar-refractivity contribution in [1.82, 2.24) is 30.1 Å². The molecule has 9 nitrogen and oxygen atoms in total. The van der Waals surface area contributed by atoms with Crippen molar-refractivity contribution in [3.63, 3.8) is 0 Å². The molecule has 2 aromatic heterocycles. The number of rotatable bonds is 5. The molecule has 1 atom stereocenters. The number of nitrogen functional groups attached to an aromatic ring is 1. The molecule has 146 valence electrons. The molecule has 1 aliphatic rings. The Hall–Kier alpha value is -3.04. The first kappa shape index (κ1) is 18.3. The van der Waals surface area contributed by atoms with Gasteiger partial charge in [-0.2, -0.15) is 4.80 Å². The number of anilines is 1. The van der Waals surface area contributed by atoms with Crippen LogP contribution in [0.1, 0.15) is 17.5 Å². The van der Waals surface area contributed by atoms with E-state index in [0.717, 1.165) is 35.7 Å². The molecular weight excluding hydrogens is 358 g/mol. The van der Waals surface area contributed by atoms with E-state index in [2.05, 4.69) is 37.4 Å². The van der Waals surface area contributed by atoms with Crippen molar-refractivity contribution >= 4 is 5.82 Å². The van der Waals surface area contributed by atoms with Crippen LogP contribution in [0.15, 0.2) is 36.4 Å². The van der Waals surface area contributed by atoms with E-state index in [4.69, 9.17) is 15.2 Å². The van der Waals surface area contributed by atoms with Gasteiger partial charge < -0.3 is 15.2 Å². The number of morpholine rings is 1. The Balaban J connectivity index is 1.54. The lowest BCUT2D eigenvalue weighted by atomic mass is 10.0. The molecule has 1 aliphatic heterocycles. The van der Waals surface area contributed by atoms with Crippen molar-refractivity contribution in [1.29, 1.82) is 0 Å². The third kappa shape index (κ3) is 3.95. The normalized spacial score (nSPS) is 17.6. The first-order chi connectivity index (χ1) is 13.6. The molecule has 9 heteroatoms. The number of ether oxygens (including phenoxy) is 2. The van der Waals surface area contributed by atoms with E-state index >= 15 is 0 Å². The Morgan fingerprint density at radius 1 is 1.29 bits per heavy atom. The van der Waals surface area contributed by atoms with Gasteiger partial charge in [0.2, 0.25) is 5.82 Å². The Labute approximate surface area is 163 Å². The van der Waals surface area contributed by atoms with Crippen molar-refractivity contribution in [2.75, 3.05) is 32.5 Å². The molecule has 1 aromatic carbocycles. The van der Waals surface area contributed by atoms with Crippen LogP contribution in [-0.4, -0.2) is 56.9 Å². The van der Waals surface area contributed by atoms with Gasteiger partial charge in [0.05, 0.1) is 26.5 Å². The summed E-state index contributed by atoms with van der Waals surface area (Å²) >= 11 is 0. The maximum atomic E-state index is 5.85. The van der Waals surface area contributed by atoms with E-state index in [-0.39, 0.29) is 6.10 Å². The standard InChI is InChI=1S/C19H23N7O2/c1-25-23-19(22-24-25)17-12-26(8-9-28-17)11-13-6-7-16(27-2)14(10-13)15-4-3-5-18(20)21-15/h3-7,10,17H,8-9,11-12H2,1-2H3,(H2,20,21). The summed E-state index contributed by atoms with van der Waals surface area (Å²) in [6.07, 6.45) is -0.171. The third-order valence-corrected chi connectivity index (χ3v) is 4.68. The lowest BCUT2D eigenvalue weighted by Crippen LogP contribution is -2.38. The Morgan fingerprint density at radius 2 is 2.18 bits per heavy atom. The van der Waals surface area contributed by atoms with Crippen LogP contribution in [0.25, 0.3) is 11.3 Å². The minimum atomic E-state index is -0.171. The van der Waals surface area contributed by atoms with E-state index in [9.17, 15) is 0 Å². The molecule has 0 radical (unpaired) electrons. The molecule has 0 amide bonds. The van der Waals surface area contributed by atoms with Gasteiger partial charge in [0.15, 0.2) is 0 Å². The highest BCUT2D eigenvalue weighted by Gasteiger charge is 2.25. The van der Waals surface area contributed by atoms with Crippen LogP contribution in [0.2, 0.25) is 0 Å². The maximum Gasteiger partial charge on any atom is 0.204 e.